The second-order valence-corrected chi connectivity index (χ2v) is 0.623. The summed E-state index contributed by atoms with van der Waals surface area (Å²) in [5.74, 6) is 0.354. The molecule has 0 aliphatic rings. The summed E-state index contributed by atoms with van der Waals surface area (Å²) in [5.41, 5.74) is 0. The van der Waals surface area contributed by atoms with Crippen molar-refractivity contribution in [2.45, 2.75) is 6.18 Å². The van der Waals surface area contributed by atoms with Crippen molar-refractivity contribution >= 4 is 0 Å². The fraction of sp³-hybridized carbons (Fsp3) is 0.333. The van der Waals surface area contributed by atoms with Crippen LogP contribution >= 0.6 is 0 Å². The summed E-state index contributed by atoms with van der Waals surface area (Å²) < 4.78 is 31.5. The molecule has 0 aromatic heterocycles. The molecule has 0 spiro atoms. The Morgan fingerprint density at radius 3 is 1.43 bits per heavy atom. The molecular formula is C3AgF3. The Bertz CT molecular complexity index is 77.2. The van der Waals surface area contributed by atoms with Gasteiger partial charge in [0, 0.05) is 0 Å². The maximum absolute atomic E-state index is 10.5. The maximum Gasteiger partial charge on any atom is 1.00 e. The zero-order chi connectivity index (χ0) is 5.21. The average Bonchev–Trinajstić information content (AvgIpc) is 1.35. The SMILES string of the molecule is [Ag+].[C-]#CC(F)(F)F. The smallest absolute Gasteiger partial charge is 0.685 e. The van der Waals surface area contributed by atoms with Gasteiger partial charge in [-0.1, -0.05) is 0 Å². The van der Waals surface area contributed by atoms with E-state index in [1.54, 1.807) is 0 Å². The van der Waals surface area contributed by atoms with Gasteiger partial charge in [-0.25, -0.2) is 5.92 Å². The van der Waals surface area contributed by atoms with Crippen LogP contribution in [0, 0.1) is 12.3 Å². The van der Waals surface area contributed by atoms with Gasteiger partial charge in [0.2, 0.25) is 0 Å². The van der Waals surface area contributed by atoms with Crippen LogP contribution in [0.25, 0.3) is 0 Å². The second kappa shape index (κ2) is 3.14. The fourth-order valence-corrected chi connectivity index (χ4v) is 0. The Morgan fingerprint density at radius 1 is 1.29 bits per heavy atom. The van der Waals surface area contributed by atoms with Crippen LogP contribution in [-0.2, 0) is 22.4 Å². The molecule has 0 radical (unpaired) electrons. The molecule has 0 N–H and O–H groups in total. The fourth-order valence-electron chi connectivity index (χ4n) is 0. The van der Waals surface area contributed by atoms with E-state index < -0.39 is 6.18 Å². The first-order valence-electron chi connectivity index (χ1n) is 1.07. The standard InChI is InChI=1S/C3F3.Ag/c1-2-3(4,5)6;/q-1;+1. The van der Waals surface area contributed by atoms with E-state index in [-0.39, 0.29) is 22.4 Å². The van der Waals surface area contributed by atoms with Gasteiger partial charge in [0.05, 0.1) is 0 Å². The van der Waals surface area contributed by atoms with E-state index in [1.807, 2.05) is 0 Å². The second-order valence-electron chi connectivity index (χ2n) is 0.623. The third-order valence-electron chi connectivity index (χ3n) is 0.142. The Balaban J connectivity index is 0. The molecule has 0 bridgehead atoms. The molecule has 0 rings (SSSR count). The first kappa shape index (κ1) is 10.1. The summed E-state index contributed by atoms with van der Waals surface area (Å²) in [7, 11) is 0. The van der Waals surface area contributed by atoms with Gasteiger partial charge in [0.1, 0.15) is 0 Å². The van der Waals surface area contributed by atoms with Crippen LogP contribution in [0.3, 0.4) is 0 Å². The minimum Gasteiger partial charge on any atom is -0.685 e. The van der Waals surface area contributed by atoms with E-state index in [4.69, 9.17) is 6.42 Å². The Hall–Kier alpha value is 0.0903. The van der Waals surface area contributed by atoms with Crippen LogP contribution in [0.1, 0.15) is 0 Å². The molecule has 0 nitrogen and oxygen atoms in total. The summed E-state index contributed by atoms with van der Waals surface area (Å²) in [5, 5.41) is 0. The van der Waals surface area contributed by atoms with Gasteiger partial charge in [-0.2, -0.15) is 13.2 Å². The molecule has 0 aliphatic carbocycles. The molecule has 0 aromatic rings. The van der Waals surface area contributed by atoms with Gasteiger partial charge >= 0.3 is 28.6 Å². The minimum atomic E-state index is -4.54. The molecule has 0 amide bonds. The van der Waals surface area contributed by atoms with Crippen LogP contribution in [0.5, 0.6) is 0 Å². The Labute approximate surface area is 54.6 Å². The monoisotopic (exact) mass is 200 g/mol. The van der Waals surface area contributed by atoms with Gasteiger partial charge in [0.25, 0.3) is 0 Å². The number of rotatable bonds is 0. The molecule has 0 aromatic carbocycles. The first-order chi connectivity index (χ1) is 2.56. The third kappa shape index (κ3) is 10.7. The minimum absolute atomic E-state index is 0. The molecule has 44 valence electrons. The zero-order valence-electron chi connectivity index (χ0n) is 2.94. The number of alkyl halides is 3. The normalized spacial score (nSPS) is 8.86. The molecule has 0 saturated carbocycles. The summed E-state index contributed by atoms with van der Waals surface area (Å²) in [4.78, 5) is 0. The predicted molar refractivity (Wildman–Crippen MR) is 13.2 cm³/mol. The van der Waals surface area contributed by atoms with Crippen molar-refractivity contribution in [3.8, 4) is 5.92 Å². The van der Waals surface area contributed by atoms with Crippen molar-refractivity contribution in [2.24, 2.45) is 0 Å². The summed E-state index contributed by atoms with van der Waals surface area (Å²) in [6.45, 7) is 0. The van der Waals surface area contributed by atoms with Crippen molar-refractivity contribution in [1.29, 1.82) is 0 Å². The Morgan fingerprint density at radius 2 is 1.43 bits per heavy atom. The molecule has 0 saturated heterocycles. The molecule has 0 atom stereocenters. The molecule has 4 heteroatoms. The molecule has 0 unspecified atom stereocenters. The van der Waals surface area contributed by atoms with Gasteiger partial charge in [0.15, 0.2) is 0 Å². The van der Waals surface area contributed by atoms with Crippen LogP contribution in [-0.4, -0.2) is 6.18 Å². The quantitative estimate of drug-likeness (QED) is 0.313. The van der Waals surface area contributed by atoms with E-state index in [9.17, 15) is 13.2 Å². The Kier molecular flexibility index (Phi) is 4.55. The van der Waals surface area contributed by atoms with Crippen molar-refractivity contribution in [1.82, 2.24) is 0 Å². The number of hydrogen-bond donors (Lipinski definition) is 0. The van der Waals surface area contributed by atoms with E-state index in [0.29, 0.717) is 5.92 Å². The van der Waals surface area contributed by atoms with E-state index in [0.717, 1.165) is 0 Å². The maximum atomic E-state index is 10.5. The molecule has 0 fully saturated rings. The number of halogens is 3. The van der Waals surface area contributed by atoms with Crippen molar-refractivity contribution in [3.05, 3.63) is 6.42 Å². The largest absolute Gasteiger partial charge is 1.00 e. The molecular weight excluding hydrogens is 201 g/mol. The molecule has 0 heterocycles. The van der Waals surface area contributed by atoms with Crippen molar-refractivity contribution < 1.29 is 35.6 Å². The summed E-state index contributed by atoms with van der Waals surface area (Å²) >= 11 is 0. The van der Waals surface area contributed by atoms with Crippen LogP contribution in [0.2, 0.25) is 0 Å². The first-order valence-corrected chi connectivity index (χ1v) is 1.07. The van der Waals surface area contributed by atoms with Crippen LogP contribution in [0.15, 0.2) is 0 Å². The predicted octanol–water partition coefficient (Wildman–Crippen LogP) is 1.14. The van der Waals surface area contributed by atoms with Gasteiger partial charge < -0.3 is 6.42 Å². The van der Waals surface area contributed by atoms with Crippen LogP contribution in [0.4, 0.5) is 13.2 Å². The topological polar surface area (TPSA) is 0 Å². The average molecular weight is 201 g/mol. The van der Waals surface area contributed by atoms with Crippen LogP contribution < -0.4 is 0 Å². The van der Waals surface area contributed by atoms with Gasteiger partial charge in [-0.3, -0.25) is 0 Å². The third-order valence-corrected chi connectivity index (χ3v) is 0.142. The van der Waals surface area contributed by atoms with E-state index in [1.165, 1.54) is 0 Å². The van der Waals surface area contributed by atoms with Crippen molar-refractivity contribution in [2.75, 3.05) is 0 Å². The molecule has 0 aliphatic heterocycles. The van der Waals surface area contributed by atoms with E-state index >= 15 is 0 Å². The number of hydrogen-bond acceptors (Lipinski definition) is 0. The molecule has 7 heavy (non-hydrogen) atoms. The summed E-state index contributed by atoms with van der Waals surface area (Å²) in [6.07, 6.45) is 0.938. The van der Waals surface area contributed by atoms with Gasteiger partial charge in [-0.05, 0) is 0 Å². The van der Waals surface area contributed by atoms with Gasteiger partial charge in [-0.15, -0.1) is 0 Å². The van der Waals surface area contributed by atoms with Crippen molar-refractivity contribution in [3.63, 3.8) is 0 Å². The zero-order valence-corrected chi connectivity index (χ0v) is 4.42. The van der Waals surface area contributed by atoms with E-state index in [2.05, 4.69) is 0 Å². The summed E-state index contributed by atoms with van der Waals surface area (Å²) in [6, 6.07) is 0.